The topological polar surface area (TPSA) is 105 Å². The van der Waals surface area contributed by atoms with Crippen LogP contribution in [0.4, 0.5) is 5.82 Å². The van der Waals surface area contributed by atoms with Gasteiger partial charge in [0.05, 0.1) is 11.4 Å². The van der Waals surface area contributed by atoms with Gasteiger partial charge in [-0.1, -0.05) is 6.07 Å². The van der Waals surface area contributed by atoms with Crippen LogP contribution in [-0.4, -0.2) is 70.0 Å². The molecule has 1 N–H and O–H groups in total. The number of piperidine rings is 1. The highest BCUT2D eigenvalue weighted by Gasteiger charge is 2.44. The van der Waals surface area contributed by atoms with Crippen molar-refractivity contribution in [1.29, 1.82) is 0 Å². The molecule has 5 aromatic heterocycles. The van der Waals surface area contributed by atoms with Gasteiger partial charge >= 0.3 is 0 Å². The maximum absolute atomic E-state index is 4.82. The highest BCUT2D eigenvalue weighted by atomic mass is 15.4. The van der Waals surface area contributed by atoms with E-state index in [0.717, 1.165) is 65.3 Å². The Morgan fingerprint density at radius 1 is 0.875 bits per heavy atom. The third-order valence-electron chi connectivity index (χ3n) is 7.93. The molecule has 10 heteroatoms. The van der Waals surface area contributed by atoms with Crippen LogP contribution >= 0.6 is 0 Å². The van der Waals surface area contributed by atoms with E-state index in [4.69, 9.17) is 9.97 Å². The number of rotatable bonds is 7. The third-order valence-corrected chi connectivity index (χ3v) is 7.93. The van der Waals surface area contributed by atoms with Gasteiger partial charge in [-0.25, -0.2) is 24.6 Å². The SMILES string of the molecule is Cc1cc(Cc2cc(C)[nH]n2)nc(-c2ccc(N3CC4CC(C3)N4Cc3ccc(-n4nccc4C)nc3)nc2)n1. The average molecular weight is 533 g/mol. The van der Waals surface area contributed by atoms with E-state index in [1.165, 1.54) is 12.0 Å². The van der Waals surface area contributed by atoms with E-state index >= 15 is 0 Å². The first-order valence-corrected chi connectivity index (χ1v) is 13.8. The Balaban J connectivity index is 0.994. The third kappa shape index (κ3) is 4.75. The molecule has 10 nitrogen and oxygen atoms in total. The molecule has 2 atom stereocenters. The zero-order valence-corrected chi connectivity index (χ0v) is 23.0. The van der Waals surface area contributed by atoms with Crippen molar-refractivity contribution in [2.24, 2.45) is 0 Å². The first-order valence-electron chi connectivity index (χ1n) is 13.8. The van der Waals surface area contributed by atoms with Crippen molar-refractivity contribution in [2.45, 2.75) is 52.2 Å². The lowest BCUT2D eigenvalue weighted by Crippen LogP contribution is -2.68. The number of nitrogens with one attached hydrogen (secondary N) is 1. The molecule has 2 bridgehead atoms. The van der Waals surface area contributed by atoms with E-state index in [2.05, 4.69) is 59.3 Å². The molecule has 3 aliphatic heterocycles. The highest BCUT2D eigenvalue weighted by Crippen LogP contribution is 2.35. The normalized spacial score (nSPS) is 18.6. The summed E-state index contributed by atoms with van der Waals surface area (Å²) in [7, 11) is 0. The van der Waals surface area contributed by atoms with Crippen LogP contribution in [0.25, 0.3) is 17.2 Å². The number of anilines is 1. The van der Waals surface area contributed by atoms with Crippen molar-refractivity contribution in [3.8, 4) is 17.2 Å². The van der Waals surface area contributed by atoms with Crippen LogP contribution in [0.5, 0.6) is 0 Å². The quantitative estimate of drug-likeness (QED) is 0.337. The first-order chi connectivity index (χ1) is 19.5. The molecule has 8 rings (SSSR count). The van der Waals surface area contributed by atoms with Gasteiger partial charge in [-0.15, -0.1) is 0 Å². The molecule has 0 aliphatic carbocycles. The molecule has 5 aromatic rings. The highest BCUT2D eigenvalue weighted by molar-refractivity contribution is 5.57. The van der Waals surface area contributed by atoms with E-state index < -0.39 is 0 Å². The Bertz CT molecular complexity index is 1620. The van der Waals surface area contributed by atoms with Crippen LogP contribution in [0.3, 0.4) is 0 Å². The lowest BCUT2D eigenvalue weighted by Gasteiger charge is -2.56. The number of nitrogens with zero attached hydrogens (tertiary/aromatic N) is 9. The van der Waals surface area contributed by atoms with Gasteiger partial charge in [-0.05, 0) is 69.2 Å². The summed E-state index contributed by atoms with van der Waals surface area (Å²) in [5.41, 5.74) is 7.16. The van der Waals surface area contributed by atoms with Gasteiger partial charge in [0.1, 0.15) is 5.82 Å². The Hall–Kier alpha value is -4.44. The first kappa shape index (κ1) is 24.6. The molecular formula is C30H32N10. The molecule has 0 saturated carbocycles. The van der Waals surface area contributed by atoms with E-state index in [0.29, 0.717) is 24.3 Å². The van der Waals surface area contributed by atoms with Crippen LogP contribution in [0.15, 0.2) is 61.1 Å². The number of aromatic nitrogens is 8. The number of aryl methyl sites for hydroxylation is 3. The van der Waals surface area contributed by atoms with E-state index in [-0.39, 0.29) is 0 Å². The summed E-state index contributed by atoms with van der Waals surface area (Å²) in [6, 6.07) is 15.5. The number of hydrogen-bond donors (Lipinski definition) is 1. The zero-order valence-electron chi connectivity index (χ0n) is 23.0. The van der Waals surface area contributed by atoms with Crippen molar-refractivity contribution in [3.63, 3.8) is 0 Å². The molecule has 3 saturated heterocycles. The van der Waals surface area contributed by atoms with Gasteiger partial charge in [0.2, 0.25) is 0 Å². The Morgan fingerprint density at radius 2 is 1.70 bits per heavy atom. The van der Waals surface area contributed by atoms with Crippen LogP contribution in [0, 0.1) is 20.8 Å². The van der Waals surface area contributed by atoms with Crippen molar-refractivity contribution >= 4 is 5.82 Å². The van der Waals surface area contributed by atoms with Gasteiger partial charge in [-0.3, -0.25) is 10.00 Å². The van der Waals surface area contributed by atoms with Gasteiger partial charge in [0.15, 0.2) is 11.6 Å². The Kier molecular flexibility index (Phi) is 6.11. The molecule has 202 valence electrons. The van der Waals surface area contributed by atoms with E-state index in [9.17, 15) is 0 Å². The maximum atomic E-state index is 4.82. The monoisotopic (exact) mass is 532 g/mol. The minimum Gasteiger partial charge on any atom is -0.353 e. The van der Waals surface area contributed by atoms with Crippen molar-refractivity contribution in [1.82, 2.24) is 44.8 Å². The van der Waals surface area contributed by atoms with E-state index in [1.807, 2.05) is 56.0 Å². The van der Waals surface area contributed by atoms with Crippen molar-refractivity contribution in [2.75, 3.05) is 18.0 Å². The largest absolute Gasteiger partial charge is 0.353 e. The molecule has 8 heterocycles. The molecule has 2 unspecified atom stereocenters. The fourth-order valence-corrected chi connectivity index (χ4v) is 5.90. The van der Waals surface area contributed by atoms with Gasteiger partial charge in [-0.2, -0.15) is 10.2 Å². The Labute approximate surface area is 233 Å². The summed E-state index contributed by atoms with van der Waals surface area (Å²) in [6.07, 6.45) is 7.60. The summed E-state index contributed by atoms with van der Waals surface area (Å²) < 4.78 is 1.87. The number of piperazine rings is 1. The molecule has 3 fully saturated rings. The van der Waals surface area contributed by atoms with Gasteiger partial charge in [0.25, 0.3) is 0 Å². The molecule has 40 heavy (non-hydrogen) atoms. The van der Waals surface area contributed by atoms with Gasteiger partial charge < -0.3 is 4.90 Å². The second-order valence-electron chi connectivity index (χ2n) is 11.0. The summed E-state index contributed by atoms with van der Waals surface area (Å²) in [6.45, 7) is 8.93. The standard InChI is InChI=1S/C30H32N10/c1-19-10-24(12-25-11-20(2)36-37-25)35-30(34-19)23-5-7-28(32-15-23)38-17-26-13-27(18-38)39(26)16-22-4-6-29(31-14-22)40-21(3)8-9-33-40/h4-11,14-15,26-27H,12-13,16-18H2,1-3H3,(H,36,37). The van der Waals surface area contributed by atoms with E-state index in [1.54, 1.807) is 6.20 Å². The van der Waals surface area contributed by atoms with Crippen LogP contribution in [0.1, 0.15) is 40.5 Å². The lowest BCUT2D eigenvalue weighted by molar-refractivity contribution is -0.00875. The Morgan fingerprint density at radius 3 is 2.38 bits per heavy atom. The number of H-pyrrole nitrogens is 1. The summed E-state index contributed by atoms with van der Waals surface area (Å²) in [5.74, 6) is 2.57. The average Bonchev–Trinajstić information content (AvgIpc) is 3.59. The summed E-state index contributed by atoms with van der Waals surface area (Å²) in [5, 5.41) is 11.7. The maximum Gasteiger partial charge on any atom is 0.161 e. The second-order valence-corrected chi connectivity index (χ2v) is 11.0. The summed E-state index contributed by atoms with van der Waals surface area (Å²) in [4.78, 5) is 24.0. The number of aromatic amines is 1. The smallest absolute Gasteiger partial charge is 0.161 e. The van der Waals surface area contributed by atoms with Gasteiger partial charge in [0, 0.05) is 79.4 Å². The molecule has 0 spiro atoms. The van der Waals surface area contributed by atoms with Crippen LogP contribution in [-0.2, 0) is 13.0 Å². The number of pyridine rings is 2. The lowest BCUT2D eigenvalue weighted by atomic mass is 9.87. The predicted octanol–water partition coefficient (Wildman–Crippen LogP) is 3.82. The molecule has 3 aliphatic rings. The zero-order chi connectivity index (χ0) is 27.2. The minimum atomic E-state index is 0.529. The molecular weight excluding hydrogens is 500 g/mol. The fourth-order valence-electron chi connectivity index (χ4n) is 5.90. The molecule has 0 radical (unpaired) electrons. The number of fused-ring (bicyclic) bond motifs is 2. The van der Waals surface area contributed by atoms with Crippen molar-refractivity contribution < 1.29 is 0 Å². The molecule has 0 aromatic carbocycles. The summed E-state index contributed by atoms with van der Waals surface area (Å²) >= 11 is 0. The van der Waals surface area contributed by atoms with Crippen molar-refractivity contribution in [3.05, 3.63) is 95.1 Å². The number of hydrogen-bond acceptors (Lipinski definition) is 8. The minimum absolute atomic E-state index is 0.529. The predicted molar refractivity (Wildman–Crippen MR) is 152 cm³/mol. The van der Waals surface area contributed by atoms with Crippen LogP contribution in [0.2, 0.25) is 0 Å². The fraction of sp³-hybridized carbons (Fsp3) is 0.333. The molecule has 0 amide bonds. The second kappa shape index (κ2) is 9.95. The van der Waals surface area contributed by atoms with Crippen LogP contribution < -0.4 is 4.90 Å².